The van der Waals surface area contributed by atoms with Gasteiger partial charge in [-0.05, 0) is 18.3 Å². The van der Waals surface area contributed by atoms with Gasteiger partial charge in [0.1, 0.15) is 0 Å². The van der Waals surface area contributed by atoms with Gasteiger partial charge in [-0.3, -0.25) is 0 Å². The van der Waals surface area contributed by atoms with E-state index in [2.05, 4.69) is 4.72 Å². The van der Waals surface area contributed by atoms with Crippen molar-refractivity contribution >= 4 is 16.2 Å². The number of carbonyl (C=O) groups is 1. The van der Waals surface area contributed by atoms with Gasteiger partial charge in [-0.15, -0.1) is 0 Å². The number of aliphatic hydroxyl groups is 1. The molecule has 0 bridgehead atoms. The van der Waals surface area contributed by atoms with Crippen molar-refractivity contribution in [3.8, 4) is 0 Å². The van der Waals surface area contributed by atoms with Crippen LogP contribution >= 0.6 is 0 Å². The van der Waals surface area contributed by atoms with Crippen LogP contribution in [0.4, 0.5) is 0 Å². The number of nitrogens with zero attached hydrogens (tertiary/aromatic N) is 1. The summed E-state index contributed by atoms with van der Waals surface area (Å²) in [6.07, 6.45) is -0.747. The first-order valence-electron chi connectivity index (χ1n) is 5.88. The summed E-state index contributed by atoms with van der Waals surface area (Å²) in [5.74, 6) is -0.900. The molecule has 3 unspecified atom stereocenters. The fourth-order valence-electron chi connectivity index (χ4n) is 2.16. The van der Waals surface area contributed by atoms with Crippen LogP contribution in [0.5, 0.6) is 0 Å². The third-order valence-electron chi connectivity index (χ3n) is 2.92. The van der Waals surface area contributed by atoms with E-state index >= 15 is 0 Å². The van der Waals surface area contributed by atoms with Crippen molar-refractivity contribution in [2.75, 3.05) is 19.6 Å². The molecule has 1 fully saturated rings. The first-order chi connectivity index (χ1) is 8.22. The van der Waals surface area contributed by atoms with Gasteiger partial charge in [0.2, 0.25) is 0 Å². The van der Waals surface area contributed by atoms with E-state index in [4.69, 9.17) is 10.2 Å². The number of rotatable bonds is 5. The van der Waals surface area contributed by atoms with Crippen molar-refractivity contribution in [1.29, 1.82) is 0 Å². The highest BCUT2D eigenvalue weighted by molar-refractivity contribution is 7.87. The number of nitrogens with one attached hydrogen (secondary N) is 1. The molecule has 0 amide bonds. The maximum Gasteiger partial charge on any atom is 0.333 e. The van der Waals surface area contributed by atoms with Gasteiger partial charge >= 0.3 is 5.97 Å². The molecule has 1 rings (SSSR count). The predicted molar refractivity (Wildman–Crippen MR) is 65.1 cm³/mol. The molecule has 18 heavy (non-hydrogen) atoms. The molecule has 1 aliphatic rings. The second-order valence-electron chi connectivity index (χ2n) is 4.97. The van der Waals surface area contributed by atoms with Gasteiger partial charge in [0.05, 0.1) is 0 Å². The molecule has 7 nitrogen and oxygen atoms in total. The van der Waals surface area contributed by atoms with Gasteiger partial charge in [0, 0.05) is 19.6 Å². The molecule has 0 radical (unpaired) electrons. The van der Waals surface area contributed by atoms with Crippen LogP contribution in [0.1, 0.15) is 20.3 Å². The Morgan fingerprint density at radius 3 is 2.33 bits per heavy atom. The lowest BCUT2D eigenvalue weighted by Gasteiger charge is -2.34. The zero-order chi connectivity index (χ0) is 13.9. The van der Waals surface area contributed by atoms with Crippen molar-refractivity contribution in [2.45, 2.75) is 26.4 Å². The van der Waals surface area contributed by atoms with Crippen molar-refractivity contribution < 1.29 is 23.4 Å². The third-order valence-corrected chi connectivity index (χ3v) is 4.43. The fraction of sp³-hybridized carbons (Fsp3) is 0.900. The molecule has 106 valence electrons. The number of carboxylic acid groups (broad SMARTS) is 1. The average Bonchev–Trinajstić information content (AvgIpc) is 2.24. The number of carboxylic acids is 1. The predicted octanol–water partition coefficient (Wildman–Crippen LogP) is -0.756. The second kappa shape index (κ2) is 5.96. The monoisotopic (exact) mass is 280 g/mol. The Morgan fingerprint density at radius 2 is 1.89 bits per heavy atom. The third kappa shape index (κ3) is 4.20. The summed E-state index contributed by atoms with van der Waals surface area (Å²) in [5, 5.41) is 17.5. The minimum atomic E-state index is -3.72. The van der Waals surface area contributed by atoms with E-state index < -0.39 is 28.8 Å². The number of hydrogen-bond acceptors (Lipinski definition) is 4. The molecule has 3 atom stereocenters. The molecule has 1 heterocycles. The van der Waals surface area contributed by atoms with Crippen molar-refractivity contribution in [3.63, 3.8) is 0 Å². The Balaban J connectivity index is 2.60. The zero-order valence-electron chi connectivity index (χ0n) is 10.5. The van der Waals surface area contributed by atoms with Gasteiger partial charge in [0.25, 0.3) is 10.2 Å². The Kier molecular flexibility index (Phi) is 5.09. The van der Waals surface area contributed by atoms with E-state index in [0.29, 0.717) is 13.1 Å². The normalized spacial score (nSPS) is 27.9. The lowest BCUT2D eigenvalue weighted by Crippen LogP contribution is -2.49. The van der Waals surface area contributed by atoms with Crippen LogP contribution < -0.4 is 4.72 Å². The van der Waals surface area contributed by atoms with Gasteiger partial charge in [0.15, 0.2) is 6.10 Å². The van der Waals surface area contributed by atoms with Crippen molar-refractivity contribution in [3.05, 3.63) is 0 Å². The number of aliphatic hydroxyl groups excluding tert-OH is 1. The molecule has 3 N–H and O–H groups in total. The second-order valence-corrected chi connectivity index (χ2v) is 6.73. The van der Waals surface area contributed by atoms with E-state index in [9.17, 15) is 13.2 Å². The van der Waals surface area contributed by atoms with E-state index in [1.54, 1.807) is 0 Å². The van der Waals surface area contributed by atoms with Crippen LogP contribution in [0.15, 0.2) is 0 Å². The van der Waals surface area contributed by atoms with Gasteiger partial charge in [-0.1, -0.05) is 13.8 Å². The molecule has 0 aromatic carbocycles. The van der Waals surface area contributed by atoms with E-state index in [-0.39, 0.29) is 11.8 Å². The maximum atomic E-state index is 11.9. The van der Waals surface area contributed by atoms with Crippen LogP contribution in [-0.4, -0.2) is 54.6 Å². The topological polar surface area (TPSA) is 107 Å². The lowest BCUT2D eigenvalue weighted by atomic mass is 9.94. The van der Waals surface area contributed by atoms with Crippen molar-refractivity contribution in [1.82, 2.24) is 9.03 Å². The highest BCUT2D eigenvalue weighted by atomic mass is 32.2. The molecule has 0 spiro atoms. The highest BCUT2D eigenvalue weighted by Crippen LogP contribution is 2.22. The summed E-state index contributed by atoms with van der Waals surface area (Å²) < 4.78 is 27.3. The lowest BCUT2D eigenvalue weighted by molar-refractivity contribution is -0.146. The standard InChI is InChI=1S/C10H20N2O5S/c1-7-3-8(2)6-12(5-7)18(16,17)11-4-9(13)10(14)15/h7-9,11,13H,3-6H2,1-2H3,(H,14,15). The average molecular weight is 280 g/mol. The summed E-state index contributed by atoms with van der Waals surface area (Å²) in [5.41, 5.74) is 0. The Hall–Kier alpha value is -0.700. The number of piperidine rings is 1. The summed E-state index contributed by atoms with van der Waals surface area (Å²) in [7, 11) is -3.72. The summed E-state index contributed by atoms with van der Waals surface area (Å²) >= 11 is 0. The van der Waals surface area contributed by atoms with Crippen LogP contribution in [0, 0.1) is 11.8 Å². The van der Waals surface area contributed by atoms with Crippen LogP contribution in [-0.2, 0) is 15.0 Å². The molecule has 8 heteroatoms. The summed E-state index contributed by atoms with van der Waals surface area (Å²) in [4.78, 5) is 10.4. The molecule has 1 aliphatic heterocycles. The largest absolute Gasteiger partial charge is 0.479 e. The zero-order valence-corrected chi connectivity index (χ0v) is 11.4. The number of aliphatic carboxylic acids is 1. The van der Waals surface area contributed by atoms with Crippen LogP contribution in [0.2, 0.25) is 0 Å². The Bertz CT molecular complexity index is 387. The van der Waals surface area contributed by atoms with Crippen molar-refractivity contribution in [2.24, 2.45) is 11.8 Å². The fourth-order valence-corrected chi connectivity index (χ4v) is 3.62. The minimum absolute atomic E-state index is 0.273. The molecule has 1 saturated heterocycles. The summed E-state index contributed by atoms with van der Waals surface area (Å²) in [6, 6.07) is 0. The highest BCUT2D eigenvalue weighted by Gasteiger charge is 2.31. The quantitative estimate of drug-likeness (QED) is 0.614. The molecule has 0 saturated carbocycles. The summed E-state index contributed by atoms with van der Waals surface area (Å²) in [6.45, 7) is 4.27. The molecular formula is C10H20N2O5S. The molecule has 0 aliphatic carbocycles. The number of hydrogen-bond donors (Lipinski definition) is 3. The Labute approximate surface area is 107 Å². The van der Waals surface area contributed by atoms with Gasteiger partial charge in [-0.25, -0.2) is 4.79 Å². The minimum Gasteiger partial charge on any atom is -0.479 e. The van der Waals surface area contributed by atoms with E-state index in [1.807, 2.05) is 13.8 Å². The first-order valence-corrected chi connectivity index (χ1v) is 7.32. The van der Waals surface area contributed by atoms with Crippen LogP contribution in [0.25, 0.3) is 0 Å². The van der Waals surface area contributed by atoms with E-state index in [1.165, 1.54) is 4.31 Å². The van der Waals surface area contributed by atoms with Crippen LogP contribution in [0.3, 0.4) is 0 Å². The van der Waals surface area contributed by atoms with E-state index in [0.717, 1.165) is 6.42 Å². The smallest absolute Gasteiger partial charge is 0.333 e. The van der Waals surface area contributed by atoms with Gasteiger partial charge in [-0.2, -0.15) is 17.4 Å². The SMILES string of the molecule is CC1CC(C)CN(S(=O)(=O)NCC(O)C(=O)O)C1. The first kappa shape index (κ1) is 15.4. The molecule has 0 aromatic rings. The molecule has 0 aromatic heterocycles. The Morgan fingerprint density at radius 1 is 1.39 bits per heavy atom. The molecular weight excluding hydrogens is 260 g/mol. The maximum absolute atomic E-state index is 11.9. The van der Waals surface area contributed by atoms with Gasteiger partial charge < -0.3 is 10.2 Å².